The van der Waals surface area contributed by atoms with Crippen LogP contribution in [-0.4, -0.2) is 11.1 Å². The Balaban J connectivity index is 2.11. The van der Waals surface area contributed by atoms with Crippen molar-refractivity contribution in [3.8, 4) is 0 Å². The Morgan fingerprint density at radius 2 is 2.21 bits per heavy atom. The van der Waals surface area contributed by atoms with Crippen molar-refractivity contribution in [1.82, 2.24) is 0 Å². The summed E-state index contributed by atoms with van der Waals surface area (Å²) in [6.45, 7) is 2.16. The van der Waals surface area contributed by atoms with Crippen molar-refractivity contribution in [1.29, 1.82) is 0 Å². The van der Waals surface area contributed by atoms with E-state index < -0.39 is 5.97 Å². The van der Waals surface area contributed by atoms with Crippen molar-refractivity contribution in [3.05, 3.63) is 35.6 Å². The van der Waals surface area contributed by atoms with Gasteiger partial charge in [-0.1, -0.05) is 25.5 Å². The molecule has 2 nitrogen and oxygen atoms in total. The molecule has 1 aromatic rings. The molecule has 3 unspecified atom stereocenters. The molecule has 1 aliphatic carbocycles. The smallest absolute Gasteiger partial charge is 0.306 e. The van der Waals surface area contributed by atoms with E-state index in [1.165, 1.54) is 12.1 Å². The van der Waals surface area contributed by atoms with Gasteiger partial charge in [0.05, 0.1) is 5.92 Å². The van der Waals surface area contributed by atoms with E-state index in [2.05, 4.69) is 6.92 Å². The fourth-order valence-corrected chi connectivity index (χ4v) is 3.25. The first-order valence-corrected chi connectivity index (χ1v) is 7.07. The summed E-state index contributed by atoms with van der Waals surface area (Å²) in [5, 5.41) is 9.33. The van der Waals surface area contributed by atoms with E-state index in [0.717, 1.165) is 31.2 Å². The van der Waals surface area contributed by atoms with Crippen molar-refractivity contribution < 1.29 is 14.3 Å². The number of benzene rings is 1. The summed E-state index contributed by atoms with van der Waals surface area (Å²) >= 11 is 0. The summed E-state index contributed by atoms with van der Waals surface area (Å²) in [6.07, 6.45) is 4.49. The lowest BCUT2D eigenvalue weighted by Gasteiger charge is -2.33. The van der Waals surface area contributed by atoms with Crippen molar-refractivity contribution in [2.75, 3.05) is 0 Å². The molecular formula is C16H21FO2. The van der Waals surface area contributed by atoms with Crippen LogP contribution in [0.15, 0.2) is 24.3 Å². The fraction of sp³-hybridized carbons (Fsp3) is 0.562. The van der Waals surface area contributed by atoms with Gasteiger partial charge in [-0.15, -0.1) is 0 Å². The fourth-order valence-electron chi connectivity index (χ4n) is 3.25. The molecule has 0 heterocycles. The van der Waals surface area contributed by atoms with Crippen molar-refractivity contribution in [2.45, 2.75) is 39.0 Å². The Morgan fingerprint density at radius 1 is 1.42 bits per heavy atom. The van der Waals surface area contributed by atoms with E-state index in [4.69, 9.17) is 0 Å². The number of hydrogen-bond acceptors (Lipinski definition) is 1. The predicted molar refractivity (Wildman–Crippen MR) is 72.4 cm³/mol. The van der Waals surface area contributed by atoms with E-state index in [1.807, 2.05) is 6.07 Å². The quantitative estimate of drug-likeness (QED) is 0.895. The molecule has 0 aromatic heterocycles. The SMILES string of the molecule is CCC1CCC(C(=O)O)C(Cc2cccc(F)c2)C1. The van der Waals surface area contributed by atoms with Crippen LogP contribution < -0.4 is 0 Å². The first-order chi connectivity index (χ1) is 9.10. The zero-order valence-corrected chi connectivity index (χ0v) is 11.3. The lowest BCUT2D eigenvalue weighted by Crippen LogP contribution is -2.31. The first kappa shape index (κ1) is 14.0. The maximum atomic E-state index is 13.2. The second kappa shape index (κ2) is 6.18. The molecule has 0 aliphatic heterocycles. The molecule has 1 aromatic carbocycles. The Bertz CT molecular complexity index is 444. The van der Waals surface area contributed by atoms with Gasteiger partial charge >= 0.3 is 5.97 Å². The summed E-state index contributed by atoms with van der Waals surface area (Å²) in [5.41, 5.74) is 0.910. The largest absolute Gasteiger partial charge is 0.481 e. The molecule has 104 valence electrons. The van der Waals surface area contributed by atoms with Crippen LogP contribution in [0.4, 0.5) is 4.39 Å². The van der Waals surface area contributed by atoms with Gasteiger partial charge in [0.2, 0.25) is 0 Å². The minimum Gasteiger partial charge on any atom is -0.481 e. The zero-order chi connectivity index (χ0) is 13.8. The Morgan fingerprint density at radius 3 is 2.84 bits per heavy atom. The highest BCUT2D eigenvalue weighted by Gasteiger charge is 2.34. The molecule has 0 radical (unpaired) electrons. The average molecular weight is 264 g/mol. The number of halogens is 1. The molecule has 2 rings (SSSR count). The van der Waals surface area contributed by atoms with Crippen LogP contribution in [0, 0.1) is 23.6 Å². The standard InChI is InChI=1S/C16H21FO2/c1-2-11-6-7-15(16(18)19)13(8-11)9-12-4-3-5-14(17)10-12/h3-5,10-11,13,15H,2,6-9H2,1H3,(H,18,19). The number of carbonyl (C=O) groups is 1. The third-order valence-corrected chi connectivity index (χ3v) is 4.37. The van der Waals surface area contributed by atoms with Crippen LogP contribution in [0.1, 0.15) is 38.2 Å². The van der Waals surface area contributed by atoms with E-state index in [1.54, 1.807) is 6.07 Å². The van der Waals surface area contributed by atoms with Crippen LogP contribution in [0.25, 0.3) is 0 Å². The summed E-state index contributed by atoms with van der Waals surface area (Å²) in [6, 6.07) is 6.53. The minimum atomic E-state index is -0.698. The van der Waals surface area contributed by atoms with Gasteiger partial charge in [-0.2, -0.15) is 0 Å². The lowest BCUT2D eigenvalue weighted by molar-refractivity contribution is -0.145. The number of aliphatic carboxylic acids is 1. The molecule has 0 spiro atoms. The maximum absolute atomic E-state index is 13.2. The number of carboxylic acids is 1. The molecule has 1 fully saturated rings. The van der Waals surface area contributed by atoms with Crippen LogP contribution >= 0.6 is 0 Å². The molecular weight excluding hydrogens is 243 g/mol. The lowest BCUT2D eigenvalue weighted by atomic mass is 9.71. The third-order valence-electron chi connectivity index (χ3n) is 4.37. The number of carboxylic acid groups (broad SMARTS) is 1. The van der Waals surface area contributed by atoms with Gasteiger partial charge in [0, 0.05) is 0 Å². The summed E-state index contributed by atoms with van der Waals surface area (Å²) in [5.74, 6) is -0.457. The van der Waals surface area contributed by atoms with Gasteiger partial charge in [0.15, 0.2) is 0 Å². The predicted octanol–water partition coefficient (Wildman–Crippen LogP) is 3.90. The molecule has 1 aliphatic rings. The molecule has 1 N–H and O–H groups in total. The zero-order valence-electron chi connectivity index (χ0n) is 11.3. The van der Waals surface area contributed by atoms with Crippen molar-refractivity contribution in [2.24, 2.45) is 17.8 Å². The molecule has 0 bridgehead atoms. The summed E-state index contributed by atoms with van der Waals surface area (Å²) < 4.78 is 13.2. The minimum absolute atomic E-state index is 0.137. The molecule has 1 saturated carbocycles. The molecule has 3 atom stereocenters. The second-order valence-electron chi connectivity index (χ2n) is 5.63. The monoisotopic (exact) mass is 264 g/mol. The van der Waals surface area contributed by atoms with Crippen LogP contribution in [0.5, 0.6) is 0 Å². The van der Waals surface area contributed by atoms with E-state index in [9.17, 15) is 14.3 Å². The van der Waals surface area contributed by atoms with E-state index >= 15 is 0 Å². The topological polar surface area (TPSA) is 37.3 Å². The van der Waals surface area contributed by atoms with Gasteiger partial charge in [0.1, 0.15) is 5.82 Å². The van der Waals surface area contributed by atoms with Crippen LogP contribution in [0.2, 0.25) is 0 Å². The van der Waals surface area contributed by atoms with Crippen molar-refractivity contribution >= 4 is 5.97 Å². The summed E-state index contributed by atoms with van der Waals surface area (Å²) in [4.78, 5) is 11.3. The van der Waals surface area contributed by atoms with Gasteiger partial charge in [-0.05, 0) is 55.2 Å². The maximum Gasteiger partial charge on any atom is 0.306 e. The second-order valence-corrected chi connectivity index (χ2v) is 5.63. The van der Waals surface area contributed by atoms with E-state index in [0.29, 0.717) is 12.3 Å². The van der Waals surface area contributed by atoms with Crippen LogP contribution in [-0.2, 0) is 11.2 Å². The van der Waals surface area contributed by atoms with Crippen molar-refractivity contribution in [3.63, 3.8) is 0 Å². The van der Waals surface area contributed by atoms with Gasteiger partial charge in [-0.3, -0.25) is 4.79 Å². The van der Waals surface area contributed by atoms with Gasteiger partial charge in [-0.25, -0.2) is 4.39 Å². The highest BCUT2D eigenvalue weighted by atomic mass is 19.1. The Kier molecular flexibility index (Phi) is 4.56. The Hall–Kier alpha value is -1.38. The van der Waals surface area contributed by atoms with Gasteiger partial charge in [0.25, 0.3) is 0 Å². The highest BCUT2D eigenvalue weighted by molar-refractivity contribution is 5.70. The third kappa shape index (κ3) is 3.55. The summed E-state index contributed by atoms with van der Waals surface area (Å²) in [7, 11) is 0. The Labute approximate surface area is 113 Å². The van der Waals surface area contributed by atoms with Gasteiger partial charge < -0.3 is 5.11 Å². The first-order valence-electron chi connectivity index (χ1n) is 7.07. The average Bonchev–Trinajstić information content (AvgIpc) is 2.38. The van der Waals surface area contributed by atoms with E-state index in [-0.39, 0.29) is 17.7 Å². The van der Waals surface area contributed by atoms with Crippen LogP contribution in [0.3, 0.4) is 0 Å². The highest BCUT2D eigenvalue weighted by Crippen LogP contribution is 2.37. The number of hydrogen-bond donors (Lipinski definition) is 1. The molecule has 19 heavy (non-hydrogen) atoms. The molecule has 0 amide bonds. The molecule has 3 heteroatoms. The normalized spacial score (nSPS) is 27.2. The number of rotatable bonds is 4. The molecule has 0 saturated heterocycles.